The second-order valence-corrected chi connectivity index (χ2v) is 13.9. The highest BCUT2D eigenvalue weighted by molar-refractivity contribution is 7.26. The van der Waals surface area contributed by atoms with Crippen LogP contribution in [0.5, 0.6) is 0 Å². The number of hydrogen-bond acceptors (Lipinski definition) is 5. The Morgan fingerprint density at radius 3 is 1.95 bits per heavy atom. The van der Waals surface area contributed by atoms with E-state index in [-0.39, 0.29) is 5.82 Å². The van der Waals surface area contributed by atoms with E-state index in [4.69, 9.17) is 32.2 Å². The third-order valence-electron chi connectivity index (χ3n) is 9.60. The van der Waals surface area contributed by atoms with Crippen LogP contribution >= 0.6 is 11.3 Å². The van der Waals surface area contributed by atoms with Crippen molar-refractivity contribution in [3.63, 3.8) is 0 Å². The van der Waals surface area contributed by atoms with Crippen molar-refractivity contribution in [2.45, 2.75) is 0 Å². The van der Waals surface area contributed by atoms with E-state index in [1.54, 1.807) is 29.5 Å². The Hall–Kier alpha value is -7.21. The molecule has 4 nitrogen and oxygen atoms in total. The van der Waals surface area contributed by atoms with Gasteiger partial charge in [-0.15, -0.1) is 11.3 Å². The van der Waals surface area contributed by atoms with Gasteiger partial charge < -0.3 is 4.42 Å². The molecular formula is C51H31N3OS. The largest absolute Gasteiger partial charge is 0.455 e. The maximum Gasteiger partial charge on any atom is 0.164 e. The first-order valence-corrected chi connectivity index (χ1v) is 18.4. The molecule has 5 heteroatoms. The van der Waals surface area contributed by atoms with Gasteiger partial charge in [-0.3, -0.25) is 0 Å². The number of furan rings is 1. The van der Waals surface area contributed by atoms with Crippen molar-refractivity contribution < 1.29 is 23.6 Å². The number of thiophene rings is 1. The molecule has 11 aromatic rings. The first-order valence-electron chi connectivity index (χ1n) is 24.5. The molecule has 0 bridgehead atoms. The van der Waals surface area contributed by atoms with Gasteiger partial charge in [-0.2, -0.15) is 0 Å². The Labute approximate surface area is 346 Å². The Morgan fingerprint density at radius 1 is 0.446 bits per heavy atom. The monoisotopic (exact) mass is 747 g/mol. The van der Waals surface area contributed by atoms with Gasteiger partial charge in [-0.25, -0.2) is 15.0 Å². The average Bonchev–Trinajstić information content (AvgIpc) is 3.95. The minimum absolute atomic E-state index is 0.146. The summed E-state index contributed by atoms with van der Waals surface area (Å²) < 4.78 is 130. The summed E-state index contributed by atoms with van der Waals surface area (Å²) in [5, 5.41) is 3.36. The van der Waals surface area contributed by atoms with Crippen LogP contribution in [-0.2, 0) is 0 Å². The van der Waals surface area contributed by atoms with Crippen LogP contribution in [0.15, 0.2) is 192 Å². The van der Waals surface area contributed by atoms with Crippen molar-refractivity contribution >= 4 is 53.4 Å². The van der Waals surface area contributed by atoms with Crippen molar-refractivity contribution in [1.82, 2.24) is 15.0 Å². The summed E-state index contributed by atoms with van der Waals surface area (Å²) in [4.78, 5) is 14.0. The van der Waals surface area contributed by atoms with Gasteiger partial charge in [0.05, 0.1) is 19.2 Å². The summed E-state index contributed by atoms with van der Waals surface area (Å²) in [6, 6.07) is 23.6. The molecule has 11 rings (SSSR count). The van der Waals surface area contributed by atoms with Crippen LogP contribution in [0.3, 0.4) is 0 Å². The quantitative estimate of drug-likeness (QED) is 0.170. The van der Waals surface area contributed by atoms with Crippen LogP contribution in [0.1, 0.15) is 19.2 Å². The molecule has 0 atom stereocenters. The Balaban J connectivity index is 1.19. The number of hydrogen-bond donors (Lipinski definition) is 0. The van der Waals surface area contributed by atoms with Crippen molar-refractivity contribution in [3.8, 4) is 67.5 Å². The van der Waals surface area contributed by atoms with E-state index < -0.39 is 118 Å². The first kappa shape index (κ1) is 21.0. The van der Waals surface area contributed by atoms with Crippen LogP contribution < -0.4 is 0 Å². The predicted molar refractivity (Wildman–Crippen MR) is 233 cm³/mol. The maximum atomic E-state index is 9.46. The number of nitrogens with zero attached hydrogens (tertiary/aromatic N) is 3. The van der Waals surface area contributed by atoms with E-state index in [0.717, 1.165) is 42.4 Å². The van der Waals surface area contributed by atoms with Crippen LogP contribution in [0.4, 0.5) is 0 Å². The van der Waals surface area contributed by atoms with Crippen molar-refractivity contribution in [2.75, 3.05) is 0 Å². The SMILES string of the molecule is [2H]c1c([2H])c([2H])c(-c2nc(-c3c([2H])c([2H])c([2H])c(-c4c([2H])c([2H])c([2H])c([2H])c4[2H])c3[2H])nc(-c3cccc4oc5c(-c6cc(-c7ccccc7)c7sc8ccccc8c7c6)cccc5c34)n2)c([2H])c1[2H]. The minimum atomic E-state index is -0.779. The normalized spacial score (nSPS) is 15.1. The van der Waals surface area contributed by atoms with Gasteiger partial charge >= 0.3 is 0 Å². The highest BCUT2D eigenvalue weighted by atomic mass is 32.1. The number of rotatable bonds is 6. The summed E-state index contributed by atoms with van der Waals surface area (Å²) >= 11 is 1.72. The average molecular weight is 748 g/mol. The molecule has 0 spiro atoms. The number of fused-ring (bicyclic) bond motifs is 6. The molecule has 56 heavy (non-hydrogen) atoms. The zero-order valence-corrected chi connectivity index (χ0v) is 29.8. The van der Waals surface area contributed by atoms with Crippen molar-refractivity contribution in [1.29, 1.82) is 0 Å². The van der Waals surface area contributed by atoms with Crippen molar-refractivity contribution in [2.24, 2.45) is 0 Å². The number of aromatic nitrogens is 3. The third kappa shape index (κ3) is 5.48. The molecule has 3 heterocycles. The molecule has 262 valence electrons. The molecule has 0 aliphatic rings. The fraction of sp³-hybridized carbons (Fsp3) is 0. The number of benzene rings is 8. The molecule has 0 aliphatic carbocycles. The van der Waals surface area contributed by atoms with Crippen LogP contribution in [0, 0.1) is 0 Å². The molecule has 0 N–H and O–H groups in total. The first-order chi connectivity index (χ1) is 33.6. The minimum Gasteiger partial charge on any atom is -0.455 e. The highest BCUT2D eigenvalue weighted by Crippen LogP contribution is 2.45. The third-order valence-corrected chi connectivity index (χ3v) is 10.8. The topological polar surface area (TPSA) is 51.8 Å². The van der Waals surface area contributed by atoms with E-state index in [2.05, 4.69) is 41.4 Å². The van der Waals surface area contributed by atoms with Gasteiger partial charge in [0, 0.05) is 58.8 Å². The Bertz CT molecular complexity index is 4020. The lowest BCUT2D eigenvalue weighted by atomic mass is 9.94. The number of para-hydroxylation sites is 1. The fourth-order valence-electron chi connectivity index (χ4n) is 7.11. The van der Waals surface area contributed by atoms with E-state index >= 15 is 0 Å². The fourth-order valence-corrected chi connectivity index (χ4v) is 8.33. The molecule has 0 aliphatic heterocycles. The smallest absolute Gasteiger partial charge is 0.164 e. The molecule has 0 unspecified atom stereocenters. The molecule has 0 fully saturated rings. The maximum absolute atomic E-state index is 9.46. The summed E-state index contributed by atoms with van der Waals surface area (Å²) in [6.07, 6.45) is 0. The van der Waals surface area contributed by atoms with E-state index in [1.807, 2.05) is 48.5 Å². The van der Waals surface area contributed by atoms with Gasteiger partial charge in [0.2, 0.25) is 0 Å². The lowest BCUT2D eigenvalue weighted by Crippen LogP contribution is -2.00. The van der Waals surface area contributed by atoms with Gasteiger partial charge in [-0.05, 0) is 52.6 Å². The molecule has 3 aromatic heterocycles. The van der Waals surface area contributed by atoms with Crippen molar-refractivity contribution in [3.05, 3.63) is 188 Å². The molecule has 0 saturated carbocycles. The van der Waals surface area contributed by atoms with Gasteiger partial charge in [0.1, 0.15) is 11.2 Å². The van der Waals surface area contributed by atoms with Crippen LogP contribution in [-0.4, -0.2) is 15.0 Å². The van der Waals surface area contributed by atoms with E-state index in [1.165, 1.54) is 0 Å². The van der Waals surface area contributed by atoms with Crippen LogP contribution in [0.2, 0.25) is 0 Å². The molecule has 0 radical (unpaired) electrons. The predicted octanol–water partition coefficient (Wildman–Crippen LogP) is 14.1. The second-order valence-electron chi connectivity index (χ2n) is 12.9. The lowest BCUT2D eigenvalue weighted by Gasteiger charge is -2.10. The van der Waals surface area contributed by atoms with Gasteiger partial charge in [0.15, 0.2) is 17.5 Å². The van der Waals surface area contributed by atoms with Crippen LogP contribution in [0.25, 0.3) is 110 Å². The molecular weight excluding hydrogens is 703 g/mol. The van der Waals surface area contributed by atoms with E-state index in [9.17, 15) is 1.37 Å². The summed E-state index contributed by atoms with van der Waals surface area (Å²) in [5.41, 5.74) is 2.97. The van der Waals surface area contributed by atoms with Gasteiger partial charge in [0.25, 0.3) is 0 Å². The second kappa shape index (κ2) is 13.3. The molecule has 8 aromatic carbocycles. The molecule has 0 saturated heterocycles. The lowest BCUT2D eigenvalue weighted by molar-refractivity contribution is 0.670. The Morgan fingerprint density at radius 2 is 1.11 bits per heavy atom. The van der Waals surface area contributed by atoms with E-state index in [0.29, 0.717) is 27.5 Å². The molecule has 0 amide bonds. The summed E-state index contributed by atoms with van der Waals surface area (Å²) in [6.45, 7) is 0. The zero-order chi connectivity index (χ0) is 49.2. The summed E-state index contributed by atoms with van der Waals surface area (Å²) in [7, 11) is 0. The highest BCUT2D eigenvalue weighted by Gasteiger charge is 2.21. The van der Waals surface area contributed by atoms with Gasteiger partial charge in [-0.1, -0.05) is 157 Å². The standard InChI is InChI=1S/C51H31N3OS/c1-4-15-32(16-5-1)35-21-12-22-36(29-35)50-52-49(34-19-8-3-9-20-34)53-51(54-50)41-26-14-27-44-46(41)40-25-13-24-38(47(40)55-44)37-30-42(33-17-6-2-7-18-33)48-43(31-37)39-23-10-11-28-45(39)56-48/h1-31H/i1D,3D,4D,5D,8D,9D,12D,15D,16D,19D,20D,21D,22D,29D. The zero-order valence-electron chi connectivity index (χ0n) is 43.0. The summed E-state index contributed by atoms with van der Waals surface area (Å²) in [5.74, 6) is -1.08. The Kier molecular flexibility index (Phi) is 4.98.